The lowest BCUT2D eigenvalue weighted by atomic mass is 10.1. The van der Waals surface area contributed by atoms with Gasteiger partial charge in [0.25, 0.3) is 5.69 Å². The van der Waals surface area contributed by atoms with E-state index in [0.717, 1.165) is 29.7 Å². The second-order valence-corrected chi connectivity index (χ2v) is 5.60. The highest BCUT2D eigenvalue weighted by atomic mass is 16.6. The number of anilines is 1. The van der Waals surface area contributed by atoms with Crippen LogP contribution in [0.2, 0.25) is 0 Å². The van der Waals surface area contributed by atoms with Gasteiger partial charge in [0.2, 0.25) is 0 Å². The molecular weight excluding hydrogens is 268 g/mol. The van der Waals surface area contributed by atoms with E-state index in [1.807, 2.05) is 6.07 Å². The molecule has 1 aliphatic heterocycles. The summed E-state index contributed by atoms with van der Waals surface area (Å²) in [6.07, 6.45) is 1.77. The molecular formula is C15H18N4O2. The van der Waals surface area contributed by atoms with E-state index in [1.54, 1.807) is 18.3 Å². The highest BCUT2D eigenvalue weighted by Crippen LogP contribution is 2.30. The molecule has 0 saturated carbocycles. The minimum Gasteiger partial charge on any atom is -0.365 e. The lowest BCUT2D eigenvalue weighted by Gasteiger charge is -2.39. The fourth-order valence-electron chi connectivity index (χ4n) is 2.84. The molecule has 2 atom stereocenters. The number of hydrogen-bond donors (Lipinski definition) is 1. The van der Waals surface area contributed by atoms with Gasteiger partial charge in [-0.05, 0) is 26.0 Å². The fraction of sp³-hybridized carbons (Fsp3) is 0.400. The summed E-state index contributed by atoms with van der Waals surface area (Å²) >= 11 is 0. The molecule has 21 heavy (non-hydrogen) atoms. The maximum Gasteiger partial charge on any atom is 0.270 e. The van der Waals surface area contributed by atoms with Gasteiger partial charge in [0.1, 0.15) is 0 Å². The lowest BCUT2D eigenvalue weighted by Crippen LogP contribution is -2.54. The second kappa shape index (κ2) is 5.29. The van der Waals surface area contributed by atoms with Crippen LogP contribution in [0, 0.1) is 10.1 Å². The first-order valence-corrected chi connectivity index (χ1v) is 7.09. The quantitative estimate of drug-likeness (QED) is 0.677. The Balaban J connectivity index is 2.12. The SMILES string of the molecule is C[C@@H]1CN(c2ccnc3ccc([N+](=O)[O-])cc23)[C@@H](C)CN1. The molecule has 1 aromatic carbocycles. The van der Waals surface area contributed by atoms with Crippen molar-refractivity contribution in [2.45, 2.75) is 25.9 Å². The molecule has 2 heterocycles. The Hall–Kier alpha value is -2.21. The number of nitro benzene ring substituents is 1. The molecule has 1 saturated heterocycles. The van der Waals surface area contributed by atoms with Gasteiger partial charge in [-0.15, -0.1) is 0 Å². The summed E-state index contributed by atoms with van der Waals surface area (Å²) in [5, 5.41) is 15.3. The molecule has 1 fully saturated rings. The standard InChI is InChI=1S/C15H18N4O2/c1-10-9-18(11(2)8-17-10)15-5-6-16-14-4-3-12(19(20)21)7-13(14)15/h3-7,10-11,17H,8-9H2,1-2H3/t10-,11+/m1/s1. The van der Waals surface area contributed by atoms with Crippen molar-refractivity contribution in [1.82, 2.24) is 10.3 Å². The normalized spacial score (nSPS) is 22.5. The number of fused-ring (bicyclic) bond motifs is 1. The summed E-state index contributed by atoms with van der Waals surface area (Å²) in [6, 6.07) is 7.52. The monoisotopic (exact) mass is 286 g/mol. The van der Waals surface area contributed by atoms with Crippen LogP contribution in [0.15, 0.2) is 30.5 Å². The number of nitrogens with zero attached hydrogens (tertiary/aromatic N) is 3. The molecule has 1 aliphatic rings. The number of hydrogen-bond acceptors (Lipinski definition) is 5. The zero-order valence-corrected chi connectivity index (χ0v) is 12.1. The lowest BCUT2D eigenvalue weighted by molar-refractivity contribution is -0.384. The molecule has 1 N–H and O–H groups in total. The first-order chi connectivity index (χ1) is 10.1. The van der Waals surface area contributed by atoms with Gasteiger partial charge in [0.05, 0.1) is 10.4 Å². The van der Waals surface area contributed by atoms with Crippen LogP contribution in [-0.4, -0.2) is 35.1 Å². The minimum atomic E-state index is -0.361. The Bertz CT molecular complexity index is 688. The Labute approximate surface area is 122 Å². The third kappa shape index (κ3) is 2.54. The predicted molar refractivity (Wildman–Crippen MR) is 82.7 cm³/mol. The zero-order chi connectivity index (χ0) is 15.0. The van der Waals surface area contributed by atoms with E-state index < -0.39 is 0 Å². The number of nitro groups is 1. The molecule has 0 aliphatic carbocycles. The highest BCUT2D eigenvalue weighted by Gasteiger charge is 2.24. The van der Waals surface area contributed by atoms with E-state index in [0.29, 0.717) is 12.1 Å². The van der Waals surface area contributed by atoms with Crippen molar-refractivity contribution in [2.24, 2.45) is 0 Å². The van der Waals surface area contributed by atoms with Crippen LogP contribution in [0.3, 0.4) is 0 Å². The molecule has 3 rings (SSSR count). The molecule has 2 aromatic rings. The van der Waals surface area contributed by atoms with Crippen molar-refractivity contribution in [3.8, 4) is 0 Å². The van der Waals surface area contributed by atoms with E-state index in [9.17, 15) is 10.1 Å². The van der Waals surface area contributed by atoms with Crippen LogP contribution in [0.5, 0.6) is 0 Å². The van der Waals surface area contributed by atoms with Gasteiger partial charge in [0.15, 0.2) is 0 Å². The van der Waals surface area contributed by atoms with Crippen LogP contribution in [0.25, 0.3) is 10.9 Å². The summed E-state index contributed by atoms with van der Waals surface area (Å²) in [5.74, 6) is 0. The number of pyridine rings is 1. The van der Waals surface area contributed by atoms with Gasteiger partial charge >= 0.3 is 0 Å². The molecule has 0 radical (unpaired) electrons. The predicted octanol–water partition coefficient (Wildman–Crippen LogP) is 2.33. The third-order valence-corrected chi connectivity index (χ3v) is 3.99. The van der Waals surface area contributed by atoms with Gasteiger partial charge in [-0.3, -0.25) is 15.1 Å². The third-order valence-electron chi connectivity index (χ3n) is 3.99. The highest BCUT2D eigenvalue weighted by molar-refractivity contribution is 5.93. The number of benzene rings is 1. The zero-order valence-electron chi connectivity index (χ0n) is 12.1. The topological polar surface area (TPSA) is 71.3 Å². The Morgan fingerprint density at radius 1 is 1.38 bits per heavy atom. The minimum absolute atomic E-state index is 0.104. The van der Waals surface area contributed by atoms with E-state index in [2.05, 4.69) is 29.0 Å². The van der Waals surface area contributed by atoms with Crippen molar-refractivity contribution in [1.29, 1.82) is 0 Å². The molecule has 0 amide bonds. The van der Waals surface area contributed by atoms with E-state index in [-0.39, 0.29) is 10.6 Å². The maximum absolute atomic E-state index is 11.0. The summed E-state index contributed by atoms with van der Waals surface area (Å²) in [7, 11) is 0. The first-order valence-electron chi connectivity index (χ1n) is 7.09. The van der Waals surface area contributed by atoms with Crippen LogP contribution < -0.4 is 10.2 Å². The van der Waals surface area contributed by atoms with Crippen molar-refractivity contribution < 1.29 is 4.92 Å². The van der Waals surface area contributed by atoms with Gasteiger partial charge in [0, 0.05) is 54.6 Å². The summed E-state index contributed by atoms with van der Waals surface area (Å²) in [5.41, 5.74) is 1.91. The van der Waals surface area contributed by atoms with Crippen LogP contribution in [-0.2, 0) is 0 Å². The summed E-state index contributed by atoms with van der Waals surface area (Å²) in [4.78, 5) is 17.3. The van der Waals surface area contributed by atoms with E-state index >= 15 is 0 Å². The number of aromatic nitrogens is 1. The second-order valence-electron chi connectivity index (χ2n) is 5.60. The molecule has 0 spiro atoms. The number of non-ortho nitro benzene ring substituents is 1. The Morgan fingerprint density at radius 2 is 2.19 bits per heavy atom. The molecule has 110 valence electrons. The van der Waals surface area contributed by atoms with Crippen LogP contribution >= 0.6 is 0 Å². The van der Waals surface area contributed by atoms with Gasteiger partial charge in [-0.1, -0.05) is 0 Å². The maximum atomic E-state index is 11.0. The first kappa shape index (κ1) is 13.8. The van der Waals surface area contributed by atoms with Crippen LogP contribution in [0.1, 0.15) is 13.8 Å². The number of rotatable bonds is 2. The Kier molecular flexibility index (Phi) is 3.47. The van der Waals surface area contributed by atoms with Crippen molar-refractivity contribution >= 4 is 22.3 Å². The smallest absolute Gasteiger partial charge is 0.270 e. The van der Waals surface area contributed by atoms with Gasteiger partial charge in [-0.25, -0.2) is 0 Å². The summed E-state index contributed by atoms with van der Waals surface area (Å²) < 4.78 is 0. The fourth-order valence-corrected chi connectivity index (χ4v) is 2.84. The van der Waals surface area contributed by atoms with Gasteiger partial charge in [-0.2, -0.15) is 0 Å². The molecule has 6 nitrogen and oxygen atoms in total. The largest absolute Gasteiger partial charge is 0.365 e. The van der Waals surface area contributed by atoms with Crippen molar-refractivity contribution in [3.05, 3.63) is 40.6 Å². The average Bonchev–Trinajstić information content (AvgIpc) is 2.48. The van der Waals surface area contributed by atoms with Crippen molar-refractivity contribution in [3.63, 3.8) is 0 Å². The van der Waals surface area contributed by atoms with Gasteiger partial charge < -0.3 is 10.2 Å². The molecule has 0 bridgehead atoms. The van der Waals surface area contributed by atoms with Crippen molar-refractivity contribution in [2.75, 3.05) is 18.0 Å². The Morgan fingerprint density at radius 3 is 2.95 bits per heavy atom. The molecule has 1 aromatic heterocycles. The number of nitrogens with one attached hydrogen (secondary N) is 1. The molecule has 6 heteroatoms. The summed E-state index contributed by atoms with van der Waals surface area (Å²) in [6.45, 7) is 6.08. The number of piperazine rings is 1. The van der Waals surface area contributed by atoms with Crippen LogP contribution in [0.4, 0.5) is 11.4 Å². The van der Waals surface area contributed by atoms with E-state index in [1.165, 1.54) is 6.07 Å². The molecule has 0 unspecified atom stereocenters. The average molecular weight is 286 g/mol. The van der Waals surface area contributed by atoms with E-state index in [4.69, 9.17) is 0 Å².